The number of phenols is 1. The molecule has 0 aliphatic heterocycles. The molecule has 3 heteroatoms. The Bertz CT molecular complexity index is 573. The van der Waals surface area contributed by atoms with Gasteiger partial charge in [0.15, 0.2) is 0 Å². The molecule has 1 rings (SSSR count). The fraction of sp³-hybridized carbons (Fsp3) is 0.571. The number of nitrogens with two attached hydrogens (primary N) is 1. The summed E-state index contributed by atoms with van der Waals surface area (Å²) in [7, 11) is 0. The monoisotopic (exact) mass is 331 g/mol. The van der Waals surface area contributed by atoms with Gasteiger partial charge in [-0.15, -0.1) is 0 Å². The molecule has 0 atom stereocenters. The smallest absolute Gasteiger partial charge is 0.241 e. The minimum atomic E-state index is -0.466. The Morgan fingerprint density at radius 2 is 1.46 bits per heavy atom. The summed E-state index contributed by atoms with van der Waals surface area (Å²) in [5.74, 6) is -0.0741. The number of hydrogen-bond donors (Lipinski definition) is 2. The van der Waals surface area contributed by atoms with Gasteiger partial charge in [-0.2, -0.15) is 0 Å². The van der Waals surface area contributed by atoms with Gasteiger partial charge in [-0.05, 0) is 47.4 Å². The Kier molecular flexibility index (Phi) is 6.65. The third kappa shape index (κ3) is 4.86. The molecule has 134 valence electrons. The van der Waals surface area contributed by atoms with Crippen molar-refractivity contribution in [3.8, 4) is 5.75 Å². The maximum atomic E-state index is 11.1. The van der Waals surface area contributed by atoms with Crippen LogP contribution in [0.2, 0.25) is 0 Å². The average Bonchev–Trinajstić information content (AvgIpc) is 2.45. The van der Waals surface area contributed by atoms with Crippen LogP contribution in [0.3, 0.4) is 0 Å². The number of phenolic OH excluding ortho intramolecular Hbond substituents is 1. The zero-order chi connectivity index (χ0) is 18.5. The standard InChI is InChI=1S/C21H33NO2/c1-7-11-20(3,4)16-13-15(9-10-18(22)23)14-17(19(16)24)21(5,6)12-8-2/h9-10,13-14,24H,7-8,11-12H2,1-6H3,(H2,22,23)/b10-9+. The highest BCUT2D eigenvalue weighted by Crippen LogP contribution is 2.43. The van der Waals surface area contributed by atoms with Crippen molar-refractivity contribution >= 4 is 12.0 Å². The zero-order valence-corrected chi connectivity index (χ0v) is 16.1. The van der Waals surface area contributed by atoms with Crippen LogP contribution < -0.4 is 5.73 Å². The lowest BCUT2D eigenvalue weighted by Gasteiger charge is -2.32. The van der Waals surface area contributed by atoms with Crippen molar-refractivity contribution in [3.63, 3.8) is 0 Å². The summed E-state index contributed by atoms with van der Waals surface area (Å²) in [6, 6.07) is 3.96. The summed E-state index contributed by atoms with van der Waals surface area (Å²) in [4.78, 5) is 11.1. The molecule has 0 aromatic heterocycles. The Balaban J connectivity index is 3.58. The number of primary amides is 1. The number of carbonyl (C=O) groups is 1. The van der Waals surface area contributed by atoms with Crippen molar-refractivity contribution < 1.29 is 9.90 Å². The number of aromatic hydroxyl groups is 1. The van der Waals surface area contributed by atoms with E-state index in [0.717, 1.165) is 42.4 Å². The summed E-state index contributed by atoms with van der Waals surface area (Å²) < 4.78 is 0. The SMILES string of the molecule is CCCC(C)(C)c1cc(/C=C/C(N)=O)cc(C(C)(C)CCC)c1O. The molecule has 0 fully saturated rings. The lowest BCUT2D eigenvalue weighted by molar-refractivity contribution is -0.113. The Morgan fingerprint density at radius 3 is 1.79 bits per heavy atom. The Morgan fingerprint density at radius 1 is 1.04 bits per heavy atom. The normalized spacial score (nSPS) is 12.8. The highest BCUT2D eigenvalue weighted by molar-refractivity contribution is 5.90. The minimum absolute atomic E-state index is 0.132. The van der Waals surface area contributed by atoms with Crippen LogP contribution in [0, 0.1) is 0 Å². The number of hydrogen-bond acceptors (Lipinski definition) is 2. The third-order valence-corrected chi connectivity index (χ3v) is 4.78. The van der Waals surface area contributed by atoms with Crippen LogP contribution in [0.1, 0.15) is 83.9 Å². The number of carbonyl (C=O) groups excluding carboxylic acids is 1. The highest BCUT2D eigenvalue weighted by atomic mass is 16.3. The molecule has 0 bridgehead atoms. The van der Waals surface area contributed by atoms with Gasteiger partial charge in [-0.1, -0.05) is 54.4 Å². The molecular weight excluding hydrogens is 298 g/mol. The van der Waals surface area contributed by atoms with E-state index in [9.17, 15) is 9.90 Å². The fourth-order valence-corrected chi connectivity index (χ4v) is 3.48. The summed E-state index contributed by atoms with van der Waals surface area (Å²) in [6.45, 7) is 12.9. The summed E-state index contributed by atoms with van der Waals surface area (Å²) in [6.07, 6.45) is 7.16. The average molecular weight is 332 g/mol. The van der Waals surface area contributed by atoms with Gasteiger partial charge in [0, 0.05) is 17.2 Å². The van der Waals surface area contributed by atoms with Crippen LogP contribution in [-0.2, 0) is 15.6 Å². The van der Waals surface area contributed by atoms with Crippen molar-refractivity contribution in [2.45, 2.75) is 78.1 Å². The van der Waals surface area contributed by atoms with Gasteiger partial charge in [-0.3, -0.25) is 4.79 Å². The van der Waals surface area contributed by atoms with E-state index < -0.39 is 5.91 Å². The second-order valence-electron chi connectivity index (χ2n) is 7.97. The van der Waals surface area contributed by atoms with Crippen LogP contribution in [0.4, 0.5) is 0 Å². The predicted molar refractivity (Wildman–Crippen MR) is 102 cm³/mol. The predicted octanol–water partition coefficient (Wildman–Crippen LogP) is 5.05. The van der Waals surface area contributed by atoms with E-state index in [2.05, 4.69) is 41.5 Å². The molecule has 0 saturated heterocycles. The van der Waals surface area contributed by atoms with Gasteiger partial charge >= 0.3 is 0 Å². The van der Waals surface area contributed by atoms with Gasteiger partial charge in [0.25, 0.3) is 0 Å². The van der Waals surface area contributed by atoms with Gasteiger partial charge in [0.05, 0.1) is 0 Å². The molecule has 0 heterocycles. The van der Waals surface area contributed by atoms with E-state index >= 15 is 0 Å². The van der Waals surface area contributed by atoms with Gasteiger partial charge in [0.2, 0.25) is 5.91 Å². The molecule has 24 heavy (non-hydrogen) atoms. The first-order valence-corrected chi connectivity index (χ1v) is 8.90. The Hall–Kier alpha value is -1.77. The maximum Gasteiger partial charge on any atom is 0.241 e. The van der Waals surface area contributed by atoms with Crippen molar-refractivity contribution in [2.24, 2.45) is 5.73 Å². The molecule has 0 saturated carbocycles. The Labute approximate surface area is 147 Å². The van der Waals surface area contributed by atoms with Gasteiger partial charge in [-0.25, -0.2) is 0 Å². The number of rotatable bonds is 8. The van der Waals surface area contributed by atoms with E-state index in [0.29, 0.717) is 5.75 Å². The first-order valence-electron chi connectivity index (χ1n) is 8.90. The molecule has 0 aliphatic carbocycles. The highest BCUT2D eigenvalue weighted by Gasteiger charge is 2.30. The van der Waals surface area contributed by atoms with Crippen LogP contribution in [0.5, 0.6) is 5.75 Å². The minimum Gasteiger partial charge on any atom is -0.507 e. The molecule has 0 unspecified atom stereocenters. The summed E-state index contributed by atoms with van der Waals surface area (Å²) >= 11 is 0. The van der Waals surface area contributed by atoms with Crippen molar-refractivity contribution in [1.82, 2.24) is 0 Å². The van der Waals surface area contributed by atoms with Crippen molar-refractivity contribution in [1.29, 1.82) is 0 Å². The van der Waals surface area contributed by atoms with Crippen LogP contribution in [0.15, 0.2) is 18.2 Å². The maximum absolute atomic E-state index is 11.1. The summed E-state index contributed by atoms with van der Waals surface area (Å²) in [5, 5.41) is 11.0. The molecule has 1 aromatic carbocycles. The topological polar surface area (TPSA) is 63.3 Å². The quantitative estimate of drug-likeness (QED) is 0.655. The van der Waals surface area contributed by atoms with E-state index in [1.54, 1.807) is 6.08 Å². The first kappa shape index (κ1) is 20.3. The van der Waals surface area contributed by atoms with Crippen molar-refractivity contribution in [2.75, 3.05) is 0 Å². The second-order valence-corrected chi connectivity index (χ2v) is 7.97. The molecule has 3 nitrogen and oxygen atoms in total. The molecular formula is C21H33NO2. The zero-order valence-electron chi connectivity index (χ0n) is 16.1. The number of benzene rings is 1. The van der Waals surface area contributed by atoms with Crippen LogP contribution >= 0.6 is 0 Å². The lowest BCUT2D eigenvalue weighted by atomic mass is 9.73. The first-order chi connectivity index (χ1) is 11.0. The third-order valence-electron chi connectivity index (χ3n) is 4.78. The molecule has 0 radical (unpaired) electrons. The van der Waals surface area contributed by atoms with E-state index in [1.807, 2.05) is 12.1 Å². The number of amides is 1. The van der Waals surface area contributed by atoms with Crippen LogP contribution in [0.25, 0.3) is 6.08 Å². The second kappa shape index (κ2) is 7.87. The molecule has 1 amide bonds. The van der Waals surface area contributed by atoms with Crippen LogP contribution in [-0.4, -0.2) is 11.0 Å². The largest absolute Gasteiger partial charge is 0.507 e. The summed E-state index contributed by atoms with van der Waals surface area (Å²) in [5.41, 5.74) is 7.76. The molecule has 0 spiro atoms. The lowest BCUT2D eigenvalue weighted by Crippen LogP contribution is -2.22. The van der Waals surface area contributed by atoms with Gasteiger partial charge < -0.3 is 10.8 Å². The van der Waals surface area contributed by atoms with Gasteiger partial charge in [0.1, 0.15) is 5.75 Å². The van der Waals surface area contributed by atoms with E-state index in [1.165, 1.54) is 6.08 Å². The van der Waals surface area contributed by atoms with Crippen molar-refractivity contribution in [3.05, 3.63) is 34.9 Å². The molecule has 0 aliphatic rings. The van der Waals surface area contributed by atoms with E-state index in [4.69, 9.17) is 5.73 Å². The van der Waals surface area contributed by atoms with E-state index in [-0.39, 0.29) is 10.8 Å². The molecule has 1 aromatic rings. The molecule has 3 N–H and O–H groups in total. The fourth-order valence-electron chi connectivity index (χ4n) is 3.48.